The van der Waals surface area contributed by atoms with Crippen molar-refractivity contribution in [2.24, 2.45) is 4.99 Å². The van der Waals surface area contributed by atoms with Crippen molar-refractivity contribution in [3.05, 3.63) is 11.6 Å². The molecule has 2 rings (SSSR count). The van der Waals surface area contributed by atoms with E-state index in [1.807, 2.05) is 27.7 Å². The van der Waals surface area contributed by atoms with E-state index in [0.29, 0.717) is 13.1 Å². The molecule has 0 saturated heterocycles. The Balaban J connectivity index is 0.00000544. The summed E-state index contributed by atoms with van der Waals surface area (Å²) in [4.78, 5) is 17.2. The molecule has 3 N–H and O–H groups in total. The molecule has 0 aromatic carbocycles. The van der Waals surface area contributed by atoms with E-state index in [0.717, 1.165) is 56.4 Å². The topological polar surface area (TPSA) is 105 Å². The Morgan fingerprint density at radius 1 is 1.09 bits per heavy atom. The number of rotatable bonds is 9. The number of carbonyl (C=O) groups excluding carboxylic acids is 1. The van der Waals surface area contributed by atoms with Gasteiger partial charge in [0.05, 0.1) is 12.1 Å². The lowest BCUT2D eigenvalue weighted by Crippen LogP contribution is -2.52. The van der Waals surface area contributed by atoms with Gasteiger partial charge < -0.3 is 25.3 Å². The monoisotopic (exact) mass is 577 g/mol. The first-order valence-corrected chi connectivity index (χ1v) is 12.2. The van der Waals surface area contributed by atoms with Crippen molar-refractivity contribution in [2.75, 3.05) is 19.6 Å². The van der Waals surface area contributed by atoms with Crippen LogP contribution in [0.25, 0.3) is 0 Å². The van der Waals surface area contributed by atoms with Gasteiger partial charge in [-0.1, -0.05) is 20.3 Å². The summed E-state index contributed by atoms with van der Waals surface area (Å²) in [5.74, 6) is 2.88. The minimum absolute atomic E-state index is 0. The fourth-order valence-corrected chi connectivity index (χ4v) is 3.81. The Morgan fingerprint density at radius 2 is 1.82 bits per heavy atom. The summed E-state index contributed by atoms with van der Waals surface area (Å²) in [6, 6.07) is 0. The summed E-state index contributed by atoms with van der Waals surface area (Å²) in [6.45, 7) is 14.7. The first-order chi connectivity index (χ1) is 15.2. The third-order valence-corrected chi connectivity index (χ3v) is 5.83. The summed E-state index contributed by atoms with van der Waals surface area (Å²) >= 11 is 0. The van der Waals surface area contributed by atoms with Gasteiger partial charge in [-0.3, -0.25) is 4.99 Å². The second-order valence-corrected chi connectivity index (χ2v) is 9.48. The van der Waals surface area contributed by atoms with Crippen molar-refractivity contribution >= 4 is 36.0 Å². The van der Waals surface area contributed by atoms with Gasteiger partial charge in [0.1, 0.15) is 17.2 Å². The SMILES string of the molecule is CCNC(=NCC(CC)(CC)NC(=O)OC(C)(C)C)NCCc1nnc2n1CCCCC2.I. The van der Waals surface area contributed by atoms with Crippen molar-refractivity contribution < 1.29 is 9.53 Å². The van der Waals surface area contributed by atoms with E-state index in [-0.39, 0.29) is 24.0 Å². The Kier molecular flexibility index (Phi) is 12.5. The first-order valence-electron chi connectivity index (χ1n) is 12.2. The molecule has 0 radical (unpaired) electrons. The third-order valence-electron chi connectivity index (χ3n) is 5.83. The molecular formula is C23H44IN7O2. The molecule has 1 aromatic rings. The average Bonchev–Trinajstić information content (AvgIpc) is 2.95. The van der Waals surface area contributed by atoms with Crippen LogP contribution in [-0.2, 0) is 24.1 Å². The van der Waals surface area contributed by atoms with E-state index in [9.17, 15) is 4.79 Å². The molecule has 2 heterocycles. The maximum Gasteiger partial charge on any atom is 0.408 e. The van der Waals surface area contributed by atoms with Gasteiger partial charge in [0.2, 0.25) is 0 Å². The standard InChI is InChI=1S/C23H43N7O2.HI/c1-7-23(8-2,27-21(31)32-22(4,5)6)17-26-20(24-9-3)25-15-14-19-29-28-18-13-11-10-12-16-30(18)19;/h7-17H2,1-6H3,(H,27,31)(H2,24,25,26);1H. The number of halogens is 1. The van der Waals surface area contributed by atoms with Gasteiger partial charge in [0, 0.05) is 32.5 Å². The molecule has 0 unspecified atom stereocenters. The molecule has 0 fully saturated rings. The molecule has 33 heavy (non-hydrogen) atoms. The van der Waals surface area contributed by atoms with Crippen LogP contribution >= 0.6 is 24.0 Å². The number of aliphatic imine (C=N–C) groups is 1. The molecule has 1 amide bonds. The number of fused-ring (bicyclic) bond motifs is 1. The van der Waals surface area contributed by atoms with Crippen LogP contribution < -0.4 is 16.0 Å². The highest BCUT2D eigenvalue weighted by Crippen LogP contribution is 2.18. The zero-order valence-corrected chi connectivity index (χ0v) is 23.6. The molecule has 1 aromatic heterocycles. The second-order valence-electron chi connectivity index (χ2n) is 9.48. The lowest BCUT2D eigenvalue weighted by Gasteiger charge is -2.32. The fourth-order valence-electron chi connectivity index (χ4n) is 3.81. The van der Waals surface area contributed by atoms with Crippen LogP contribution in [-0.4, -0.2) is 57.6 Å². The Hall–Kier alpha value is -1.59. The van der Waals surface area contributed by atoms with Gasteiger partial charge in [0.15, 0.2) is 5.96 Å². The van der Waals surface area contributed by atoms with E-state index in [1.165, 1.54) is 19.3 Å². The first kappa shape index (κ1) is 29.4. The number of hydrogen-bond acceptors (Lipinski definition) is 5. The number of hydrogen-bond donors (Lipinski definition) is 3. The number of nitrogens with one attached hydrogen (secondary N) is 3. The molecule has 0 spiro atoms. The van der Waals surface area contributed by atoms with E-state index < -0.39 is 17.2 Å². The van der Waals surface area contributed by atoms with Crippen LogP contribution in [0.2, 0.25) is 0 Å². The van der Waals surface area contributed by atoms with Crippen molar-refractivity contribution in [1.82, 2.24) is 30.7 Å². The normalized spacial score (nSPS) is 14.5. The van der Waals surface area contributed by atoms with Crippen LogP contribution in [0.1, 0.15) is 85.3 Å². The summed E-state index contributed by atoms with van der Waals surface area (Å²) < 4.78 is 7.75. The zero-order valence-electron chi connectivity index (χ0n) is 21.3. The van der Waals surface area contributed by atoms with Crippen molar-refractivity contribution in [2.45, 2.75) is 104 Å². The van der Waals surface area contributed by atoms with Gasteiger partial charge in [0.25, 0.3) is 0 Å². The Bertz CT molecular complexity index is 754. The van der Waals surface area contributed by atoms with Crippen LogP contribution in [0.5, 0.6) is 0 Å². The lowest BCUT2D eigenvalue weighted by molar-refractivity contribution is 0.0452. The molecular weight excluding hydrogens is 533 g/mol. The highest BCUT2D eigenvalue weighted by molar-refractivity contribution is 14.0. The molecule has 0 aliphatic carbocycles. The molecule has 0 saturated carbocycles. The van der Waals surface area contributed by atoms with Gasteiger partial charge in [-0.05, 0) is 53.4 Å². The maximum atomic E-state index is 12.4. The van der Waals surface area contributed by atoms with E-state index >= 15 is 0 Å². The lowest BCUT2D eigenvalue weighted by atomic mass is 9.93. The number of ether oxygens (including phenoxy) is 1. The number of carbonyl (C=O) groups is 1. The highest BCUT2D eigenvalue weighted by Gasteiger charge is 2.30. The summed E-state index contributed by atoms with van der Waals surface area (Å²) in [5.41, 5.74) is -0.980. The maximum absolute atomic E-state index is 12.4. The third kappa shape index (κ3) is 9.66. The average molecular weight is 578 g/mol. The van der Waals surface area contributed by atoms with Gasteiger partial charge in [-0.15, -0.1) is 34.2 Å². The second kappa shape index (κ2) is 14.0. The number of aromatic nitrogens is 3. The molecule has 1 aliphatic heterocycles. The molecule has 0 bridgehead atoms. The largest absolute Gasteiger partial charge is 0.444 e. The van der Waals surface area contributed by atoms with Crippen molar-refractivity contribution in [3.8, 4) is 0 Å². The summed E-state index contributed by atoms with van der Waals surface area (Å²) in [6.07, 6.45) is 6.58. The minimum atomic E-state index is -0.531. The zero-order chi connectivity index (χ0) is 23.6. The number of alkyl carbamates (subject to hydrolysis) is 1. The predicted molar refractivity (Wildman–Crippen MR) is 143 cm³/mol. The number of aryl methyl sites for hydroxylation is 1. The van der Waals surface area contributed by atoms with Gasteiger partial charge >= 0.3 is 6.09 Å². The number of nitrogens with zero attached hydrogens (tertiary/aromatic N) is 4. The summed E-state index contributed by atoms with van der Waals surface area (Å²) in [7, 11) is 0. The Morgan fingerprint density at radius 3 is 2.45 bits per heavy atom. The van der Waals surface area contributed by atoms with Crippen LogP contribution in [0.15, 0.2) is 4.99 Å². The molecule has 1 aliphatic rings. The van der Waals surface area contributed by atoms with Crippen molar-refractivity contribution in [1.29, 1.82) is 0 Å². The van der Waals surface area contributed by atoms with E-state index in [2.05, 4.69) is 44.6 Å². The van der Waals surface area contributed by atoms with Crippen LogP contribution in [0, 0.1) is 0 Å². The van der Waals surface area contributed by atoms with Gasteiger partial charge in [-0.25, -0.2) is 4.79 Å². The van der Waals surface area contributed by atoms with Crippen LogP contribution in [0.4, 0.5) is 4.79 Å². The van der Waals surface area contributed by atoms with Gasteiger partial charge in [-0.2, -0.15) is 0 Å². The quantitative estimate of drug-likeness (QED) is 0.234. The predicted octanol–water partition coefficient (Wildman–Crippen LogP) is 3.80. The fraction of sp³-hybridized carbons (Fsp3) is 0.826. The van der Waals surface area contributed by atoms with Crippen molar-refractivity contribution in [3.63, 3.8) is 0 Å². The minimum Gasteiger partial charge on any atom is -0.444 e. The molecule has 9 nitrogen and oxygen atoms in total. The molecule has 10 heteroatoms. The highest BCUT2D eigenvalue weighted by atomic mass is 127. The molecule has 190 valence electrons. The van der Waals surface area contributed by atoms with E-state index in [4.69, 9.17) is 9.73 Å². The summed E-state index contributed by atoms with van der Waals surface area (Å²) in [5, 5.41) is 18.6. The van der Waals surface area contributed by atoms with E-state index in [1.54, 1.807) is 0 Å². The number of amides is 1. The molecule has 0 atom stereocenters. The van der Waals surface area contributed by atoms with Crippen LogP contribution in [0.3, 0.4) is 0 Å². The Labute approximate surface area is 216 Å². The number of guanidine groups is 1. The smallest absolute Gasteiger partial charge is 0.408 e.